The number of hydrogen-bond donors (Lipinski definition) is 2. The zero-order chi connectivity index (χ0) is 9.84. The first-order chi connectivity index (χ1) is 6.09. The highest BCUT2D eigenvalue weighted by atomic mass is 32.1. The number of nitrogens with two attached hydrogens (primary N) is 1. The smallest absolute Gasteiger partial charge is 0.204 e. The van der Waals surface area contributed by atoms with E-state index >= 15 is 0 Å². The van der Waals surface area contributed by atoms with E-state index in [0.717, 1.165) is 11.0 Å². The van der Waals surface area contributed by atoms with Crippen molar-refractivity contribution in [1.29, 1.82) is 5.41 Å². The zero-order valence-corrected chi connectivity index (χ0v) is 8.56. The van der Waals surface area contributed by atoms with Gasteiger partial charge in [0, 0.05) is 31.5 Å². The predicted octanol–water partition coefficient (Wildman–Crippen LogP) is 0.609. The molecule has 3 N–H and O–H groups in total. The molecule has 0 radical (unpaired) electrons. The van der Waals surface area contributed by atoms with Crippen LogP contribution in [0.1, 0.15) is 12.2 Å². The van der Waals surface area contributed by atoms with Gasteiger partial charge in [-0.15, -0.1) is 0 Å². The molecular formula is C7H13N5S. The summed E-state index contributed by atoms with van der Waals surface area (Å²) in [5, 5.41) is 7.95. The largest absolute Gasteiger partial charge is 0.388 e. The molecule has 0 amide bonds. The molecule has 13 heavy (non-hydrogen) atoms. The molecule has 0 fully saturated rings. The minimum Gasteiger partial charge on any atom is -0.388 e. The fourth-order valence-corrected chi connectivity index (χ4v) is 1.48. The molecule has 0 atom stereocenters. The monoisotopic (exact) mass is 199 g/mol. The maximum absolute atomic E-state index is 7.07. The number of rotatable bonds is 4. The molecule has 1 aromatic rings. The molecule has 0 spiro atoms. The second-order valence-electron chi connectivity index (χ2n) is 2.82. The van der Waals surface area contributed by atoms with Crippen molar-refractivity contribution in [3.8, 4) is 0 Å². The molecule has 0 saturated carbocycles. The van der Waals surface area contributed by atoms with Gasteiger partial charge in [0.15, 0.2) is 0 Å². The Kier molecular flexibility index (Phi) is 3.18. The fraction of sp³-hybridized carbons (Fsp3) is 0.571. The molecule has 0 aliphatic heterocycles. The van der Waals surface area contributed by atoms with Crippen LogP contribution in [0.5, 0.6) is 0 Å². The van der Waals surface area contributed by atoms with Gasteiger partial charge in [0.25, 0.3) is 0 Å². The molecule has 72 valence electrons. The first-order valence-electron chi connectivity index (χ1n) is 3.94. The van der Waals surface area contributed by atoms with Gasteiger partial charge >= 0.3 is 0 Å². The number of aryl methyl sites for hydroxylation is 1. The molecule has 0 aliphatic rings. The summed E-state index contributed by atoms with van der Waals surface area (Å²) in [7, 11) is 1.92. The lowest BCUT2D eigenvalue weighted by Crippen LogP contribution is -2.23. The molecule has 0 aliphatic carbocycles. The second kappa shape index (κ2) is 4.18. The van der Waals surface area contributed by atoms with Gasteiger partial charge in [-0.3, -0.25) is 5.41 Å². The van der Waals surface area contributed by atoms with E-state index in [4.69, 9.17) is 11.1 Å². The van der Waals surface area contributed by atoms with E-state index in [1.54, 1.807) is 0 Å². The summed E-state index contributed by atoms with van der Waals surface area (Å²) in [4.78, 5) is 6.16. The van der Waals surface area contributed by atoms with Gasteiger partial charge in [0.1, 0.15) is 5.82 Å². The van der Waals surface area contributed by atoms with E-state index in [-0.39, 0.29) is 5.84 Å². The molecule has 1 aromatic heterocycles. The van der Waals surface area contributed by atoms with Crippen LogP contribution in [0.3, 0.4) is 0 Å². The Hall–Kier alpha value is -1.17. The standard InChI is InChI=1S/C7H13N5S/c1-5-10-7(13-11-5)12(2)4-3-6(8)9/h3-4H2,1-2H3,(H3,8,9). The summed E-state index contributed by atoms with van der Waals surface area (Å²) in [6.07, 6.45) is 0.565. The molecule has 0 aromatic carbocycles. The van der Waals surface area contributed by atoms with Crippen molar-refractivity contribution in [2.24, 2.45) is 5.73 Å². The number of anilines is 1. The average molecular weight is 199 g/mol. The Labute approximate surface area is 81.3 Å². The van der Waals surface area contributed by atoms with Crippen molar-refractivity contribution in [2.45, 2.75) is 13.3 Å². The van der Waals surface area contributed by atoms with Crippen molar-refractivity contribution in [1.82, 2.24) is 9.36 Å². The Morgan fingerprint density at radius 3 is 2.85 bits per heavy atom. The molecule has 0 saturated heterocycles. The lowest BCUT2D eigenvalue weighted by atomic mass is 10.4. The maximum Gasteiger partial charge on any atom is 0.204 e. The summed E-state index contributed by atoms with van der Waals surface area (Å²) in [5.74, 6) is 0.989. The Balaban J connectivity index is 2.48. The van der Waals surface area contributed by atoms with Gasteiger partial charge in [0.2, 0.25) is 5.13 Å². The summed E-state index contributed by atoms with van der Waals surface area (Å²) in [6.45, 7) is 2.57. The first-order valence-corrected chi connectivity index (χ1v) is 4.71. The SMILES string of the molecule is Cc1nsc(N(C)CCC(=N)N)n1. The minimum absolute atomic E-state index is 0.202. The van der Waals surface area contributed by atoms with Crippen LogP contribution in [0.4, 0.5) is 5.13 Å². The third kappa shape index (κ3) is 2.98. The van der Waals surface area contributed by atoms with E-state index in [1.807, 2.05) is 18.9 Å². The third-order valence-electron chi connectivity index (χ3n) is 1.56. The van der Waals surface area contributed by atoms with E-state index < -0.39 is 0 Å². The van der Waals surface area contributed by atoms with Crippen molar-refractivity contribution in [2.75, 3.05) is 18.5 Å². The van der Waals surface area contributed by atoms with E-state index in [1.165, 1.54) is 11.5 Å². The van der Waals surface area contributed by atoms with Gasteiger partial charge in [-0.1, -0.05) is 0 Å². The quantitative estimate of drug-likeness (QED) is 0.550. The van der Waals surface area contributed by atoms with Crippen LogP contribution < -0.4 is 10.6 Å². The zero-order valence-electron chi connectivity index (χ0n) is 7.74. The molecule has 5 nitrogen and oxygen atoms in total. The molecule has 1 rings (SSSR count). The van der Waals surface area contributed by atoms with Crippen LogP contribution in [0.15, 0.2) is 0 Å². The van der Waals surface area contributed by atoms with Crippen molar-refractivity contribution < 1.29 is 0 Å². The molecule has 6 heteroatoms. The number of amidine groups is 1. The maximum atomic E-state index is 7.07. The van der Waals surface area contributed by atoms with Crippen LogP contribution in [0.25, 0.3) is 0 Å². The number of nitrogens with one attached hydrogen (secondary N) is 1. The van der Waals surface area contributed by atoms with Crippen molar-refractivity contribution >= 4 is 22.5 Å². The van der Waals surface area contributed by atoms with Gasteiger partial charge in [-0.05, 0) is 6.92 Å². The van der Waals surface area contributed by atoms with Crippen LogP contribution in [-0.2, 0) is 0 Å². The fourth-order valence-electron chi connectivity index (χ4n) is 0.825. The van der Waals surface area contributed by atoms with Gasteiger partial charge in [-0.2, -0.15) is 4.37 Å². The highest BCUT2D eigenvalue weighted by Gasteiger charge is 2.05. The summed E-state index contributed by atoms with van der Waals surface area (Å²) in [5.41, 5.74) is 5.25. The van der Waals surface area contributed by atoms with Crippen molar-refractivity contribution in [3.05, 3.63) is 5.82 Å². The van der Waals surface area contributed by atoms with Crippen LogP contribution in [-0.4, -0.2) is 28.8 Å². The average Bonchev–Trinajstić information content (AvgIpc) is 2.47. The Morgan fingerprint density at radius 2 is 2.38 bits per heavy atom. The first kappa shape index (κ1) is 9.91. The van der Waals surface area contributed by atoms with Crippen LogP contribution >= 0.6 is 11.5 Å². The number of hydrogen-bond acceptors (Lipinski definition) is 5. The molecule has 0 bridgehead atoms. The minimum atomic E-state index is 0.202. The summed E-state index contributed by atoms with van der Waals surface area (Å²) < 4.78 is 4.07. The van der Waals surface area contributed by atoms with Gasteiger partial charge in [-0.25, -0.2) is 4.98 Å². The van der Waals surface area contributed by atoms with Crippen LogP contribution in [0, 0.1) is 12.3 Å². The van der Waals surface area contributed by atoms with Gasteiger partial charge in [0.05, 0.1) is 5.84 Å². The van der Waals surface area contributed by atoms with E-state index in [2.05, 4.69) is 9.36 Å². The second-order valence-corrected chi connectivity index (χ2v) is 3.55. The molecule has 0 unspecified atom stereocenters. The summed E-state index contributed by atoms with van der Waals surface area (Å²) in [6, 6.07) is 0. The van der Waals surface area contributed by atoms with E-state index in [0.29, 0.717) is 13.0 Å². The predicted molar refractivity (Wildman–Crippen MR) is 54.4 cm³/mol. The van der Waals surface area contributed by atoms with Crippen LogP contribution in [0.2, 0.25) is 0 Å². The van der Waals surface area contributed by atoms with Gasteiger partial charge < -0.3 is 10.6 Å². The topological polar surface area (TPSA) is 78.9 Å². The lowest BCUT2D eigenvalue weighted by molar-refractivity contribution is 0.900. The Bertz CT molecular complexity index is 295. The lowest BCUT2D eigenvalue weighted by Gasteiger charge is -2.13. The molecule has 1 heterocycles. The number of aromatic nitrogens is 2. The Morgan fingerprint density at radius 1 is 1.69 bits per heavy atom. The molecular weight excluding hydrogens is 186 g/mol. The highest BCUT2D eigenvalue weighted by molar-refractivity contribution is 7.09. The normalized spacial score (nSPS) is 10.0. The van der Waals surface area contributed by atoms with E-state index in [9.17, 15) is 0 Å². The number of nitrogens with zero attached hydrogens (tertiary/aromatic N) is 3. The third-order valence-corrected chi connectivity index (χ3v) is 2.48. The highest BCUT2D eigenvalue weighted by Crippen LogP contribution is 2.14. The summed E-state index contributed by atoms with van der Waals surface area (Å²) >= 11 is 1.36. The van der Waals surface area contributed by atoms with Crippen molar-refractivity contribution in [3.63, 3.8) is 0 Å².